The zero-order valence-corrected chi connectivity index (χ0v) is 15.3. The van der Waals surface area contributed by atoms with E-state index < -0.39 is 5.60 Å². The molecule has 5 nitrogen and oxygen atoms in total. The van der Waals surface area contributed by atoms with Gasteiger partial charge in [0, 0.05) is 25.3 Å². The maximum absolute atomic E-state index is 12.3. The molecule has 0 bridgehead atoms. The second kappa shape index (κ2) is 7.88. The third-order valence-corrected chi connectivity index (χ3v) is 4.45. The van der Waals surface area contributed by atoms with Crippen LogP contribution in [0.15, 0.2) is 24.3 Å². The number of anilines is 1. The number of hydrogen-bond acceptors (Lipinski definition) is 3. The molecule has 0 atom stereocenters. The van der Waals surface area contributed by atoms with Gasteiger partial charge >= 0.3 is 6.03 Å². The smallest absolute Gasteiger partial charge is 0.344 e. The number of carbonyl (C=O) groups excluding carboxylic acids is 1. The first-order chi connectivity index (χ1) is 11.3. The quantitative estimate of drug-likeness (QED) is 0.899. The van der Waals surface area contributed by atoms with E-state index in [2.05, 4.69) is 17.1 Å². The van der Waals surface area contributed by atoms with Crippen molar-refractivity contribution in [3.8, 4) is 0 Å². The highest BCUT2D eigenvalue weighted by atomic mass is 16.3. The van der Waals surface area contributed by atoms with E-state index in [1.54, 1.807) is 18.7 Å². The number of piperidine rings is 1. The van der Waals surface area contributed by atoms with Crippen LogP contribution in [-0.4, -0.2) is 47.8 Å². The number of urea groups is 1. The van der Waals surface area contributed by atoms with Gasteiger partial charge in [0.2, 0.25) is 0 Å². The molecule has 1 aromatic carbocycles. The number of hydrogen-bond donors (Lipinski definition) is 1. The number of amides is 2. The zero-order chi connectivity index (χ0) is 17.7. The Kier molecular flexibility index (Phi) is 6.10. The molecule has 1 aromatic rings. The molecule has 1 N–H and O–H groups in total. The third kappa shape index (κ3) is 5.41. The Balaban J connectivity index is 1.94. The molecular weight excluding hydrogens is 302 g/mol. The summed E-state index contributed by atoms with van der Waals surface area (Å²) < 4.78 is 0. The van der Waals surface area contributed by atoms with Crippen LogP contribution in [-0.2, 0) is 0 Å². The van der Waals surface area contributed by atoms with Gasteiger partial charge in [-0.25, -0.2) is 4.79 Å². The summed E-state index contributed by atoms with van der Waals surface area (Å²) >= 11 is 0. The minimum Gasteiger partial charge on any atom is -0.389 e. The van der Waals surface area contributed by atoms with Gasteiger partial charge in [0.15, 0.2) is 0 Å². The predicted octanol–water partition coefficient (Wildman–Crippen LogP) is 3.37. The van der Waals surface area contributed by atoms with Crippen molar-refractivity contribution in [1.29, 1.82) is 0 Å². The number of benzene rings is 1. The fourth-order valence-corrected chi connectivity index (χ4v) is 2.97. The van der Waals surface area contributed by atoms with Crippen LogP contribution in [0.25, 0.3) is 0 Å². The number of likely N-dealkylation sites (N-methyl/N-ethyl adjacent to an activating group) is 1. The van der Waals surface area contributed by atoms with Crippen LogP contribution < -0.4 is 10.2 Å². The lowest BCUT2D eigenvalue weighted by atomic mass is 9.99. The van der Waals surface area contributed by atoms with Crippen LogP contribution in [0.4, 0.5) is 16.2 Å². The Morgan fingerprint density at radius 1 is 1.29 bits per heavy atom. The molecule has 133 valence electrons. The molecule has 0 aliphatic carbocycles. The molecule has 2 amide bonds. The maximum atomic E-state index is 12.3. The number of nitrogens with zero attached hydrogens (tertiary/aromatic N) is 3. The van der Waals surface area contributed by atoms with Gasteiger partial charge in [-0.2, -0.15) is 5.32 Å². The fourth-order valence-electron chi connectivity index (χ4n) is 2.97. The molecule has 24 heavy (non-hydrogen) atoms. The summed E-state index contributed by atoms with van der Waals surface area (Å²) in [4.78, 5) is 16.2. The van der Waals surface area contributed by atoms with Crippen LogP contribution in [0.2, 0.25) is 0 Å². The summed E-state index contributed by atoms with van der Waals surface area (Å²) in [5.74, 6) is 0.809. The van der Waals surface area contributed by atoms with E-state index in [1.165, 1.54) is 18.5 Å². The Morgan fingerprint density at radius 3 is 2.38 bits per heavy atom. The van der Waals surface area contributed by atoms with Gasteiger partial charge in [-0.15, -0.1) is 0 Å². The van der Waals surface area contributed by atoms with E-state index in [4.69, 9.17) is 0 Å². The van der Waals surface area contributed by atoms with Crippen LogP contribution in [0, 0.1) is 5.92 Å². The molecular formula is C19H30N3O2. The molecule has 5 heteroatoms. The van der Waals surface area contributed by atoms with Crippen molar-refractivity contribution >= 4 is 17.4 Å². The highest BCUT2D eigenvalue weighted by Crippen LogP contribution is 2.24. The summed E-state index contributed by atoms with van der Waals surface area (Å²) in [5.41, 5.74) is 0.927. The van der Waals surface area contributed by atoms with Crippen molar-refractivity contribution in [2.24, 2.45) is 5.92 Å². The number of aliphatic hydroxyl groups is 1. The lowest BCUT2D eigenvalue weighted by Gasteiger charge is -2.32. The minimum absolute atomic E-state index is 0.274. The second-order valence-electron chi connectivity index (χ2n) is 7.41. The molecule has 1 radical (unpaired) electrons. The lowest BCUT2D eigenvalue weighted by Crippen LogP contribution is -2.43. The van der Waals surface area contributed by atoms with E-state index in [1.807, 2.05) is 31.2 Å². The molecule has 1 heterocycles. The molecule has 1 saturated heterocycles. The van der Waals surface area contributed by atoms with Crippen molar-refractivity contribution in [2.75, 3.05) is 31.1 Å². The Morgan fingerprint density at radius 2 is 1.88 bits per heavy atom. The molecule has 2 rings (SSSR count). The summed E-state index contributed by atoms with van der Waals surface area (Å²) in [6.07, 6.45) is 2.46. The first kappa shape index (κ1) is 18.6. The maximum Gasteiger partial charge on any atom is 0.344 e. The average Bonchev–Trinajstić information content (AvgIpc) is 2.53. The average molecular weight is 332 g/mol. The van der Waals surface area contributed by atoms with Gasteiger partial charge in [0.05, 0.1) is 17.8 Å². The first-order valence-electron chi connectivity index (χ1n) is 8.86. The van der Waals surface area contributed by atoms with Crippen molar-refractivity contribution in [3.63, 3.8) is 0 Å². The Bertz CT molecular complexity index is 529. The molecule has 1 aliphatic rings. The van der Waals surface area contributed by atoms with E-state index in [0.717, 1.165) is 19.0 Å². The van der Waals surface area contributed by atoms with Crippen molar-refractivity contribution < 1.29 is 9.90 Å². The Labute approximate surface area is 145 Å². The van der Waals surface area contributed by atoms with E-state index in [0.29, 0.717) is 12.2 Å². The van der Waals surface area contributed by atoms with Crippen molar-refractivity contribution in [1.82, 2.24) is 10.2 Å². The van der Waals surface area contributed by atoms with Gasteiger partial charge in [-0.1, -0.05) is 6.92 Å². The summed E-state index contributed by atoms with van der Waals surface area (Å²) in [6.45, 7) is 10.6. The largest absolute Gasteiger partial charge is 0.389 e. The van der Waals surface area contributed by atoms with Crippen LogP contribution in [0.1, 0.15) is 40.5 Å². The molecule has 0 aromatic heterocycles. The van der Waals surface area contributed by atoms with E-state index in [-0.39, 0.29) is 12.6 Å². The van der Waals surface area contributed by atoms with Gasteiger partial charge in [0.1, 0.15) is 0 Å². The van der Waals surface area contributed by atoms with Gasteiger partial charge in [0.25, 0.3) is 0 Å². The van der Waals surface area contributed by atoms with Gasteiger partial charge in [-0.05, 0) is 63.8 Å². The minimum atomic E-state index is -0.920. The van der Waals surface area contributed by atoms with Crippen LogP contribution >= 0.6 is 0 Å². The van der Waals surface area contributed by atoms with Crippen LogP contribution in [0.3, 0.4) is 0 Å². The Hall–Kier alpha value is -1.75. The summed E-state index contributed by atoms with van der Waals surface area (Å²) in [5, 5.41) is 14.1. The third-order valence-electron chi connectivity index (χ3n) is 4.45. The second-order valence-corrected chi connectivity index (χ2v) is 7.41. The molecule has 1 aliphatic heterocycles. The highest BCUT2D eigenvalue weighted by Gasteiger charge is 2.22. The molecule has 0 unspecified atom stereocenters. The van der Waals surface area contributed by atoms with E-state index >= 15 is 0 Å². The highest BCUT2D eigenvalue weighted by molar-refractivity contribution is 5.79. The predicted molar refractivity (Wildman–Crippen MR) is 97.8 cm³/mol. The summed E-state index contributed by atoms with van der Waals surface area (Å²) in [7, 11) is 0. The lowest BCUT2D eigenvalue weighted by molar-refractivity contribution is 0.0485. The first-order valence-corrected chi connectivity index (χ1v) is 8.86. The van der Waals surface area contributed by atoms with Crippen molar-refractivity contribution in [3.05, 3.63) is 24.3 Å². The van der Waals surface area contributed by atoms with Gasteiger partial charge in [-0.3, -0.25) is 0 Å². The van der Waals surface area contributed by atoms with Crippen molar-refractivity contribution in [2.45, 2.75) is 46.1 Å². The molecule has 0 saturated carbocycles. The number of rotatable bonds is 5. The van der Waals surface area contributed by atoms with Crippen LogP contribution in [0.5, 0.6) is 0 Å². The standard InChI is InChI=1S/C19H30N3O2/c1-5-21(14-19(3,4)24)18(23)20-16-6-8-17(9-7-16)22-12-10-15(2)11-13-22/h6-9,15,24H,5,10-14H2,1-4H3. The summed E-state index contributed by atoms with van der Waals surface area (Å²) in [6, 6.07) is 7.55. The molecule has 1 fully saturated rings. The zero-order valence-electron chi connectivity index (χ0n) is 15.3. The van der Waals surface area contributed by atoms with Gasteiger partial charge < -0.3 is 14.9 Å². The molecule has 0 spiro atoms. The SMILES string of the molecule is CCN(CC(C)(C)O)C(=O)[N]c1ccc(N2CCC(C)CC2)cc1. The number of carbonyl (C=O) groups is 1. The normalized spacial score (nSPS) is 16.1. The topological polar surface area (TPSA) is 57.9 Å². The van der Waals surface area contributed by atoms with E-state index in [9.17, 15) is 9.90 Å². The fraction of sp³-hybridized carbons (Fsp3) is 0.632. The monoisotopic (exact) mass is 332 g/mol.